The summed E-state index contributed by atoms with van der Waals surface area (Å²) < 4.78 is 27.5. The van der Waals surface area contributed by atoms with Gasteiger partial charge in [0.25, 0.3) is 0 Å². The van der Waals surface area contributed by atoms with Gasteiger partial charge in [-0.2, -0.15) is 0 Å². The van der Waals surface area contributed by atoms with Crippen molar-refractivity contribution in [3.8, 4) is 0 Å². The number of carbonyl (C=O) groups excluding carboxylic acids is 1. The van der Waals surface area contributed by atoms with Crippen LogP contribution in [0, 0.1) is 5.92 Å². The number of benzene rings is 1. The van der Waals surface area contributed by atoms with E-state index in [2.05, 4.69) is 26.8 Å². The van der Waals surface area contributed by atoms with Gasteiger partial charge in [0.1, 0.15) is 4.90 Å². The third-order valence-corrected chi connectivity index (χ3v) is 6.37. The van der Waals surface area contributed by atoms with Gasteiger partial charge in [0, 0.05) is 24.7 Å². The molecule has 1 amide bonds. The highest BCUT2D eigenvalue weighted by Gasteiger charge is 2.19. The van der Waals surface area contributed by atoms with E-state index in [9.17, 15) is 13.2 Å². The van der Waals surface area contributed by atoms with Crippen LogP contribution in [0.4, 0.5) is 0 Å². The molecule has 1 fully saturated rings. The Hall–Kier alpha value is -2.03. The molecule has 2 heterocycles. The zero-order chi connectivity index (χ0) is 19.3. The zero-order valence-corrected chi connectivity index (χ0v) is 16.3. The van der Waals surface area contributed by atoms with Gasteiger partial charge < -0.3 is 10.2 Å². The minimum Gasteiger partial charge on any atom is -0.354 e. The van der Waals surface area contributed by atoms with Crippen LogP contribution in [0.2, 0.25) is 0 Å². The standard InChI is InChI=1S/C19H26N4O3S/c1-15-7-11-23(12-8-15)13-10-20-18(24)14-22-27(25,26)17-6-2-4-16-5-3-9-21-19(16)17/h2-6,9,15,22H,7-8,10-14H2,1H3,(H,20,24). The Balaban J connectivity index is 1.50. The molecule has 1 aliphatic heterocycles. The molecule has 0 spiro atoms. The van der Waals surface area contributed by atoms with E-state index < -0.39 is 10.0 Å². The molecule has 0 radical (unpaired) electrons. The lowest BCUT2D eigenvalue weighted by Gasteiger charge is -2.30. The normalized spacial score (nSPS) is 16.5. The third-order valence-electron chi connectivity index (χ3n) is 4.93. The van der Waals surface area contributed by atoms with Gasteiger partial charge in [0.15, 0.2) is 0 Å². The van der Waals surface area contributed by atoms with Gasteiger partial charge in [-0.15, -0.1) is 0 Å². The summed E-state index contributed by atoms with van der Waals surface area (Å²) in [5, 5.41) is 3.52. The van der Waals surface area contributed by atoms with Gasteiger partial charge in [-0.05, 0) is 44.0 Å². The van der Waals surface area contributed by atoms with E-state index in [1.807, 2.05) is 0 Å². The van der Waals surface area contributed by atoms with Crippen molar-refractivity contribution in [2.45, 2.75) is 24.7 Å². The molecule has 1 saturated heterocycles. The van der Waals surface area contributed by atoms with Crippen molar-refractivity contribution in [1.82, 2.24) is 19.9 Å². The predicted octanol–water partition coefficient (Wildman–Crippen LogP) is 1.36. The second-order valence-corrected chi connectivity index (χ2v) is 8.77. The van der Waals surface area contributed by atoms with Crippen LogP contribution < -0.4 is 10.0 Å². The number of nitrogens with zero attached hydrogens (tertiary/aromatic N) is 2. The third kappa shape index (κ3) is 5.24. The summed E-state index contributed by atoms with van der Waals surface area (Å²) in [6.45, 7) is 5.39. The van der Waals surface area contributed by atoms with Crippen molar-refractivity contribution in [3.05, 3.63) is 36.5 Å². The zero-order valence-electron chi connectivity index (χ0n) is 15.5. The number of para-hydroxylation sites is 1. The van der Waals surface area contributed by atoms with E-state index in [0.29, 0.717) is 12.1 Å². The molecule has 7 nitrogen and oxygen atoms in total. The molecule has 0 saturated carbocycles. The Morgan fingerprint density at radius 3 is 2.74 bits per heavy atom. The fourth-order valence-electron chi connectivity index (χ4n) is 3.23. The van der Waals surface area contributed by atoms with E-state index >= 15 is 0 Å². The molecule has 0 unspecified atom stereocenters. The van der Waals surface area contributed by atoms with Gasteiger partial charge in [0.2, 0.25) is 15.9 Å². The van der Waals surface area contributed by atoms with Gasteiger partial charge in [0.05, 0.1) is 12.1 Å². The van der Waals surface area contributed by atoms with Crippen molar-refractivity contribution >= 4 is 26.8 Å². The Bertz CT molecular complexity index is 887. The van der Waals surface area contributed by atoms with Crippen LogP contribution in [0.3, 0.4) is 0 Å². The van der Waals surface area contributed by atoms with E-state index in [0.717, 1.165) is 30.9 Å². The van der Waals surface area contributed by atoms with E-state index in [1.54, 1.807) is 30.5 Å². The highest BCUT2D eigenvalue weighted by Crippen LogP contribution is 2.20. The number of pyridine rings is 1. The number of nitrogens with one attached hydrogen (secondary N) is 2. The quantitative estimate of drug-likeness (QED) is 0.745. The summed E-state index contributed by atoms with van der Waals surface area (Å²) in [5.41, 5.74) is 0.396. The maximum atomic E-state index is 12.6. The van der Waals surface area contributed by atoms with E-state index in [-0.39, 0.29) is 17.3 Å². The van der Waals surface area contributed by atoms with Crippen molar-refractivity contribution in [2.24, 2.45) is 5.92 Å². The molecule has 1 aromatic heterocycles. The largest absolute Gasteiger partial charge is 0.354 e. The molecule has 2 N–H and O–H groups in total. The number of likely N-dealkylation sites (tertiary alicyclic amines) is 1. The fourth-order valence-corrected chi connectivity index (χ4v) is 4.39. The minimum absolute atomic E-state index is 0.0795. The lowest BCUT2D eigenvalue weighted by molar-refractivity contribution is -0.120. The van der Waals surface area contributed by atoms with Crippen LogP contribution in [0.25, 0.3) is 10.9 Å². The number of sulfonamides is 1. The van der Waals surface area contributed by atoms with Crippen molar-refractivity contribution in [2.75, 3.05) is 32.7 Å². The van der Waals surface area contributed by atoms with Gasteiger partial charge >= 0.3 is 0 Å². The number of aromatic nitrogens is 1. The SMILES string of the molecule is CC1CCN(CCNC(=O)CNS(=O)(=O)c2cccc3cccnc23)CC1. The number of amides is 1. The molecule has 2 aromatic rings. The summed E-state index contributed by atoms with van der Waals surface area (Å²) in [6.07, 6.45) is 3.93. The van der Waals surface area contributed by atoms with Crippen molar-refractivity contribution in [1.29, 1.82) is 0 Å². The topological polar surface area (TPSA) is 91.4 Å². The molecule has 27 heavy (non-hydrogen) atoms. The number of rotatable bonds is 7. The molecule has 0 bridgehead atoms. The van der Waals surface area contributed by atoms with Crippen LogP contribution in [0.5, 0.6) is 0 Å². The van der Waals surface area contributed by atoms with E-state index in [4.69, 9.17) is 0 Å². The van der Waals surface area contributed by atoms with Crippen LogP contribution in [-0.2, 0) is 14.8 Å². The average molecular weight is 391 g/mol. The van der Waals surface area contributed by atoms with Crippen molar-refractivity contribution in [3.63, 3.8) is 0 Å². The van der Waals surface area contributed by atoms with Gasteiger partial charge in [-0.25, -0.2) is 13.1 Å². The Morgan fingerprint density at radius 1 is 1.22 bits per heavy atom. The number of piperidine rings is 1. The second-order valence-electron chi connectivity index (χ2n) is 7.03. The Labute approximate surface area is 160 Å². The molecule has 0 atom stereocenters. The molecular weight excluding hydrogens is 364 g/mol. The highest BCUT2D eigenvalue weighted by molar-refractivity contribution is 7.89. The molecule has 3 rings (SSSR count). The van der Waals surface area contributed by atoms with Crippen LogP contribution >= 0.6 is 0 Å². The predicted molar refractivity (Wildman–Crippen MR) is 105 cm³/mol. The molecule has 0 aliphatic carbocycles. The molecular formula is C19H26N4O3S. The molecule has 8 heteroatoms. The smallest absolute Gasteiger partial charge is 0.243 e. The highest BCUT2D eigenvalue weighted by atomic mass is 32.2. The number of hydrogen-bond acceptors (Lipinski definition) is 5. The van der Waals surface area contributed by atoms with E-state index in [1.165, 1.54) is 18.9 Å². The first-order valence-electron chi connectivity index (χ1n) is 9.28. The van der Waals surface area contributed by atoms with Crippen molar-refractivity contribution < 1.29 is 13.2 Å². The molecule has 1 aromatic carbocycles. The molecule has 146 valence electrons. The van der Waals surface area contributed by atoms with Crippen LogP contribution in [-0.4, -0.2) is 56.9 Å². The first-order valence-corrected chi connectivity index (χ1v) is 10.8. The first-order chi connectivity index (χ1) is 13.0. The molecule has 1 aliphatic rings. The lowest BCUT2D eigenvalue weighted by Crippen LogP contribution is -2.42. The number of hydrogen-bond donors (Lipinski definition) is 2. The Morgan fingerprint density at radius 2 is 1.96 bits per heavy atom. The number of fused-ring (bicyclic) bond motifs is 1. The summed E-state index contributed by atoms with van der Waals surface area (Å²) in [4.78, 5) is 18.6. The fraction of sp³-hybridized carbons (Fsp3) is 0.474. The summed E-state index contributed by atoms with van der Waals surface area (Å²) in [7, 11) is -3.82. The van der Waals surface area contributed by atoms with Gasteiger partial charge in [-0.3, -0.25) is 9.78 Å². The summed E-state index contributed by atoms with van der Waals surface area (Å²) >= 11 is 0. The summed E-state index contributed by atoms with van der Waals surface area (Å²) in [5.74, 6) is 0.436. The lowest BCUT2D eigenvalue weighted by atomic mass is 9.99. The maximum absolute atomic E-state index is 12.6. The Kier molecular flexibility index (Phi) is 6.41. The second kappa shape index (κ2) is 8.77. The van der Waals surface area contributed by atoms with Crippen LogP contribution in [0.1, 0.15) is 19.8 Å². The van der Waals surface area contributed by atoms with Crippen LogP contribution in [0.15, 0.2) is 41.4 Å². The first kappa shape index (κ1) is 19.7. The summed E-state index contributed by atoms with van der Waals surface area (Å²) in [6, 6.07) is 8.51. The monoisotopic (exact) mass is 390 g/mol. The minimum atomic E-state index is -3.82. The average Bonchev–Trinajstić information content (AvgIpc) is 2.67. The van der Waals surface area contributed by atoms with Gasteiger partial charge in [-0.1, -0.05) is 25.1 Å². The maximum Gasteiger partial charge on any atom is 0.243 e. The number of carbonyl (C=O) groups is 1.